The summed E-state index contributed by atoms with van der Waals surface area (Å²) in [6.45, 7) is 2.23. The minimum absolute atomic E-state index is 0.439. The third kappa shape index (κ3) is 3.57. The topological polar surface area (TPSA) is 51.3 Å². The zero-order valence-corrected chi connectivity index (χ0v) is 12.0. The summed E-state index contributed by atoms with van der Waals surface area (Å²) in [6, 6.07) is 4.05. The maximum Gasteiger partial charge on any atom is 0.0917 e. The van der Waals surface area contributed by atoms with Crippen LogP contribution >= 0.6 is 11.6 Å². The summed E-state index contributed by atoms with van der Waals surface area (Å²) in [7, 11) is 0. The molecule has 0 aliphatic heterocycles. The molecule has 0 bridgehead atoms. The predicted molar refractivity (Wildman–Crippen MR) is 81.3 cm³/mol. The highest BCUT2D eigenvalue weighted by Gasteiger charge is 2.27. The van der Waals surface area contributed by atoms with Crippen molar-refractivity contribution in [2.75, 3.05) is 0 Å². The van der Waals surface area contributed by atoms with Gasteiger partial charge in [-0.15, -0.1) is 0 Å². The summed E-state index contributed by atoms with van der Waals surface area (Å²) in [4.78, 5) is 8.82. The average Bonchev–Trinajstić information content (AvgIpc) is 2.37. The van der Waals surface area contributed by atoms with Crippen molar-refractivity contribution in [2.45, 2.75) is 38.6 Å². The zero-order chi connectivity index (χ0) is 13.7. The van der Waals surface area contributed by atoms with Crippen molar-refractivity contribution in [3.63, 3.8) is 0 Å². The van der Waals surface area contributed by atoms with Crippen molar-refractivity contribution in [3.05, 3.63) is 35.2 Å². The number of nitrogens with zero attached hydrogens (tertiary/aromatic N) is 2. The number of halogens is 1. The molecule has 0 radical (unpaired) electrons. The van der Waals surface area contributed by atoms with Gasteiger partial charge in [0.05, 0.1) is 16.8 Å². The van der Waals surface area contributed by atoms with Gasteiger partial charge in [0, 0.05) is 24.2 Å². The number of pyridine rings is 1. The van der Waals surface area contributed by atoms with Crippen molar-refractivity contribution in [1.82, 2.24) is 4.98 Å². The number of nitrogens with two attached hydrogens (primary N) is 1. The first kappa shape index (κ1) is 14.1. The average molecular weight is 278 g/mol. The first-order valence-electron chi connectivity index (χ1n) is 6.80. The van der Waals surface area contributed by atoms with Crippen molar-refractivity contribution in [1.29, 1.82) is 0 Å². The fourth-order valence-electron chi connectivity index (χ4n) is 2.43. The smallest absolute Gasteiger partial charge is 0.0917 e. The number of aliphatic imine (C=N–C) groups is 1. The van der Waals surface area contributed by atoms with E-state index in [0.717, 1.165) is 11.5 Å². The lowest BCUT2D eigenvalue weighted by molar-refractivity contribution is 0.250. The first-order valence-corrected chi connectivity index (χ1v) is 7.18. The highest BCUT2D eigenvalue weighted by Crippen LogP contribution is 2.33. The van der Waals surface area contributed by atoms with Crippen molar-refractivity contribution in [3.8, 4) is 0 Å². The van der Waals surface area contributed by atoms with Crippen molar-refractivity contribution in [2.24, 2.45) is 16.6 Å². The second-order valence-corrected chi connectivity index (χ2v) is 5.42. The molecule has 0 saturated heterocycles. The molecule has 0 aromatic carbocycles. The van der Waals surface area contributed by atoms with Crippen LogP contribution in [-0.4, -0.2) is 17.2 Å². The van der Waals surface area contributed by atoms with Gasteiger partial charge >= 0.3 is 0 Å². The van der Waals surface area contributed by atoms with E-state index < -0.39 is 0 Å². The van der Waals surface area contributed by atoms with E-state index in [-0.39, 0.29) is 0 Å². The Labute approximate surface area is 119 Å². The minimum Gasteiger partial charge on any atom is -0.404 e. The van der Waals surface area contributed by atoms with Gasteiger partial charge in [-0.05, 0) is 30.9 Å². The van der Waals surface area contributed by atoms with Gasteiger partial charge in [-0.3, -0.25) is 9.98 Å². The van der Waals surface area contributed by atoms with E-state index >= 15 is 0 Å². The zero-order valence-electron chi connectivity index (χ0n) is 11.2. The lowest BCUT2D eigenvalue weighted by Crippen LogP contribution is -2.27. The number of aromatic nitrogens is 1. The Hall–Kier alpha value is -1.35. The molecule has 1 heterocycles. The molecule has 1 aromatic heterocycles. The molecular formula is C15H20ClN3. The molecule has 4 heteroatoms. The molecule has 0 unspecified atom stereocenters. The first-order chi connectivity index (χ1) is 9.24. The quantitative estimate of drug-likeness (QED) is 0.835. The normalized spacial score (nSPS) is 23.6. The van der Waals surface area contributed by atoms with Crippen LogP contribution in [0.3, 0.4) is 0 Å². The molecule has 0 amide bonds. The predicted octanol–water partition coefficient (Wildman–Crippen LogP) is 3.68. The van der Waals surface area contributed by atoms with E-state index in [2.05, 4.69) is 16.9 Å². The van der Waals surface area contributed by atoms with Gasteiger partial charge in [0.15, 0.2) is 0 Å². The number of allylic oxidation sites excluding steroid dienone is 1. The van der Waals surface area contributed by atoms with Gasteiger partial charge in [-0.2, -0.15) is 0 Å². The molecule has 0 atom stereocenters. The highest BCUT2D eigenvalue weighted by atomic mass is 35.5. The molecular weight excluding hydrogens is 258 g/mol. The summed E-state index contributed by atoms with van der Waals surface area (Å²) in [5.41, 5.74) is 7.12. The largest absolute Gasteiger partial charge is 0.404 e. The van der Waals surface area contributed by atoms with Gasteiger partial charge in [-0.1, -0.05) is 31.4 Å². The van der Waals surface area contributed by atoms with E-state index in [1.54, 1.807) is 18.5 Å². The Morgan fingerprint density at radius 3 is 3.00 bits per heavy atom. The Morgan fingerprint density at radius 2 is 2.37 bits per heavy atom. The maximum atomic E-state index is 6.10. The summed E-state index contributed by atoms with van der Waals surface area (Å²) in [5.74, 6) is 0.857. The van der Waals surface area contributed by atoms with Gasteiger partial charge in [0.1, 0.15) is 0 Å². The van der Waals surface area contributed by atoms with Crippen LogP contribution in [0.15, 0.2) is 29.5 Å². The van der Waals surface area contributed by atoms with Crippen LogP contribution in [0.25, 0.3) is 5.57 Å². The SMILES string of the molecule is CCCC1CC(N=CC(=CN)c2ncccc2Cl)C1. The van der Waals surface area contributed by atoms with Crippen LogP contribution in [0.2, 0.25) is 5.02 Å². The van der Waals surface area contributed by atoms with E-state index in [9.17, 15) is 0 Å². The van der Waals surface area contributed by atoms with Gasteiger partial charge in [0.25, 0.3) is 0 Å². The fourth-order valence-corrected chi connectivity index (χ4v) is 2.66. The number of rotatable bonds is 5. The van der Waals surface area contributed by atoms with Gasteiger partial charge in [-0.25, -0.2) is 0 Å². The lowest BCUT2D eigenvalue weighted by atomic mass is 9.78. The standard InChI is InChI=1S/C15H20ClN3/c1-2-4-11-7-13(8-11)19-10-12(9-17)15-14(16)5-3-6-18-15/h3,5-6,9-11,13H,2,4,7-8,17H2,1H3. The second-order valence-electron chi connectivity index (χ2n) is 5.01. The third-order valence-electron chi connectivity index (χ3n) is 3.54. The third-order valence-corrected chi connectivity index (χ3v) is 3.85. The Balaban J connectivity index is 1.96. The second kappa shape index (κ2) is 6.71. The highest BCUT2D eigenvalue weighted by molar-refractivity contribution is 6.33. The molecule has 3 nitrogen and oxygen atoms in total. The molecule has 1 aliphatic carbocycles. The summed E-state index contributed by atoms with van der Waals surface area (Å²) < 4.78 is 0. The molecule has 2 N–H and O–H groups in total. The van der Waals surface area contributed by atoms with E-state index in [1.807, 2.05) is 6.07 Å². The van der Waals surface area contributed by atoms with Gasteiger partial charge in [0.2, 0.25) is 0 Å². The van der Waals surface area contributed by atoms with E-state index in [1.165, 1.54) is 31.9 Å². The maximum absolute atomic E-state index is 6.10. The van der Waals surface area contributed by atoms with Crippen molar-refractivity contribution >= 4 is 23.4 Å². The van der Waals surface area contributed by atoms with E-state index in [0.29, 0.717) is 16.8 Å². The monoisotopic (exact) mass is 277 g/mol. The summed E-state index contributed by atoms with van der Waals surface area (Å²) >= 11 is 6.10. The molecule has 1 aliphatic rings. The van der Waals surface area contributed by atoms with Crippen molar-refractivity contribution < 1.29 is 0 Å². The molecule has 1 saturated carbocycles. The molecule has 102 valence electrons. The summed E-state index contributed by atoms with van der Waals surface area (Å²) in [6.07, 6.45) is 9.99. The van der Waals surface area contributed by atoms with Crippen LogP contribution in [-0.2, 0) is 0 Å². The Kier molecular flexibility index (Phi) is 4.97. The van der Waals surface area contributed by atoms with Gasteiger partial charge < -0.3 is 5.73 Å². The van der Waals surface area contributed by atoms with E-state index in [4.69, 9.17) is 17.3 Å². The van der Waals surface area contributed by atoms with Crippen LogP contribution in [0.1, 0.15) is 38.3 Å². The Bertz CT molecular complexity index is 476. The van der Waals surface area contributed by atoms with Crippen LogP contribution in [0.4, 0.5) is 0 Å². The number of hydrogen-bond acceptors (Lipinski definition) is 3. The molecule has 1 fully saturated rings. The summed E-state index contributed by atoms with van der Waals surface area (Å²) in [5, 5.41) is 0.600. The van der Waals surface area contributed by atoms with Crippen LogP contribution < -0.4 is 5.73 Å². The minimum atomic E-state index is 0.439. The molecule has 19 heavy (non-hydrogen) atoms. The molecule has 2 rings (SSSR count). The lowest BCUT2D eigenvalue weighted by Gasteiger charge is -2.32. The van der Waals surface area contributed by atoms with Crippen LogP contribution in [0, 0.1) is 5.92 Å². The Morgan fingerprint density at radius 1 is 1.58 bits per heavy atom. The molecule has 1 aromatic rings. The number of hydrogen-bond donors (Lipinski definition) is 1. The van der Waals surface area contributed by atoms with Crippen LogP contribution in [0.5, 0.6) is 0 Å². The fraction of sp³-hybridized carbons (Fsp3) is 0.467. The molecule has 0 spiro atoms.